The molecule has 0 aromatic carbocycles. The molecule has 27 heavy (non-hydrogen) atoms. The molecule has 1 aliphatic carbocycles. The van der Waals surface area contributed by atoms with Gasteiger partial charge in [-0.25, -0.2) is 0 Å². The molecule has 0 spiro atoms. The second-order valence-corrected chi connectivity index (χ2v) is 8.55. The zero-order chi connectivity index (χ0) is 20.6. The number of hydrogen-bond acceptors (Lipinski definition) is 8. The summed E-state index contributed by atoms with van der Waals surface area (Å²) < 4.78 is 11.0. The van der Waals surface area contributed by atoms with E-state index in [2.05, 4.69) is 0 Å². The predicted octanol–water partition coefficient (Wildman–Crippen LogP) is -0.560. The lowest BCUT2D eigenvalue weighted by Gasteiger charge is -2.48. The minimum atomic E-state index is -1.48. The summed E-state index contributed by atoms with van der Waals surface area (Å²) in [5, 5.41) is 60.1. The van der Waals surface area contributed by atoms with Crippen molar-refractivity contribution < 1.29 is 40.1 Å². The summed E-state index contributed by atoms with van der Waals surface area (Å²) in [6, 6.07) is 0. The lowest BCUT2D eigenvalue weighted by molar-refractivity contribution is -0.310. The molecule has 1 aliphatic heterocycles. The van der Waals surface area contributed by atoms with Crippen molar-refractivity contribution in [3.05, 3.63) is 11.6 Å². The van der Waals surface area contributed by atoms with Gasteiger partial charge in [-0.3, -0.25) is 0 Å². The van der Waals surface area contributed by atoms with Crippen molar-refractivity contribution in [1.82, 2.24) is 0 Å². The molecule has 0 bridgehead atoms. The van der Waals surface area contributed by atoms with Crippen LogP contribution in [0.2, 0.25) is 0 Å². The van der Waals surface area contributed by atoms with Crippen molar-refractivity contribution in [2.75, 3.05) is 6.61 Å². The van der Waals surface area contributed by atoms with Crippen LogP contribution < -0.4 is 0 Å². The fourth-order valence-corrected chi connectivity index (χ4v) is 4.14. The fraction of sp³-hybridized carbons (Fsp3) is 0.895. The number of hydrogen-bond donors (Lipinski definition) is 6. The van der Waals surface area contributed by atoms with Crippen LogP contribution >= 0.6 is 0 Å². The average molecular weight is 390 g/mol. The molecule has 1 heterocycles. The van der Waals surface area contributed by atoms with E-state index in [1.807, 2.05) is 13.8 Å². The topological polar surface area (TPSA) is 140 Å². The second kappa shape index (κ2) is 8.42. The molecule has 0 radical (unpaired) electrons. The van der Waals surface area contributed by atoms with E-state index >= 15 is 0 Å². The minimum absolute atomic E-state index is 0.383. The second-order valence-electron chi connectivity index (χ2n) is 8.55. The van der Waals surface area contributed by atoms with E-state index in [4.69, 9.17) is 9.47 Å². The Bertz CT molecular complexity index is 534. The van der Waals surface area contributed by atoms with Crippen LogP contribution in [0.4, 0.5) is 0 Å². The summed E-state index contributed by atoms with van der Waals surface area (Å²) in [5.41, 5.74) is -0.904. The van der Waals surface area contributed by atoms with Gasteiger partial charge in [0.1, 0.15) is 24.4 Å². The molecule has 158 valence electrons. The highest BCUT2D eigenvalue weighted by molar-refractivity contribution is 5.25. The summed E-state index contributed by atoms with van der Waals surface area (Å²) in [6.07, 6.45) is -4.63. The van der Waals surface area contributed by atoms with Gasteiger partial charge in [-0.05, 0) is 38.7 Å². The lowest BCUT2D eigenvalue weighted by Crippen LogP contribution is -2.59. The Labute approximate surface area is 160 Å². The highest BCUT2D eigenvalue weighted by Gasteiger charge is 2.48. The number of aliphatic hydroxyl groups is 6. The van der Waals surface area contributed by atoms with Gasteiger partial charge in [-0.2, -0.15) is 0 Å². The maximum Gasteiger partial charge on any atom is 0.186 e. The number of aliphatic hydroxyl groups excluding tert-OH is 5. The van der Waals surface area contributed by atoms with Crippen LogP contribution in [0.25, 0.3) is 0 Å². The minimum Gasteiger partial charge on any atom is -0.394 e. The van der Waals surface area contributed by atoms with Crippen LogP contribution in [-0.4, -0.2) is 85.8 Å². The maximum absolute atomic E-state index is 11.2. The molecule has 8 heteroatoms. The van der Waals surface area contributed by atoms with Crippen molar-refractivity contribution >= 4 is 0 Å². The van der Waals surface area contributed by atoms with E-state index in [0.717, 1.165) is 0 Å². The Morgan fingerprint density at radius 1 is 1.19 bits per heavy atom. The molecule has 2 rings (SSSR count). The van der Waals surface area contributed by atoms with Crippen LogP contribution in [0.5, 0.6) is 0 Å². The first-order chi connectivity index (χ1) is 12.4. The quantitative estimate of drug-likeness (QED) is 0.332. The van der Waals surface area contributed by atoms with Crippen LogP contribution in [0, 0.1) is 5.41 Å². The first kappa shape index (κ1) is 22.7. The Morgan fingerprint density at radius 3 is 2.37 bits per heavy atom. The molecule has 8 nitrogen and oxygen atoms in total. The van der Waals surface area contributed by atoms with Crippen LogP contribution in [0.15, 0.2) is 11.6 Å². The van der Waals surface area contributed by atoms with E-state index < -0.39 is 60.5 Å². The van der Waals surface area contributed by atoms with Gasteiger partial charge in [0.05, 0.1) is 24.4 Å². The van der Waals surface area contributed by atoms with Crippen molar-refractivity contribution in [2.24, 2.45) is 5.41 Å². The first-order valence-electron chi connectivity index (χ1n) is 9.48. The maximum atomic E-state index is 11.2. The van der Waals surface area contributed by atoms with Crippen molar-refractivity contribution in [2.45, 2.75) is 95.5 Å². The van der Waals surface area contributed by atoms with Gasteiger partial charge in [-0.15, -0.1) is 0 Å². The largest absolute Gasteiger partial charge is 0.394 e. The third-order valence-electron chi connectivity index (χ3n) is 6.06. The van der Waals surface area contributed by atoms with E-state index in [1.165, 1.54) is 0 Å². The molecule has 1 saturated heterocycles. The monoisotopic (exact) mass is 390 g/mol. The van der Waals surface area contributed by atoms with Crippen molar-refractivity contribution in [3.8, 4) is 0 Å². The van der Waals surface area contributed by atoms with E-state index in [-0.39, 0.29) is 0 Å². The van der Waals surface area contributed by atoms with E-state index in [0.29, 0.717) is 24.8 Å². The van der Waals surface area contributed by atoms with Gasteiger partial charge in [0.25, 0.3) is 0 Å². The molecular weight excluding hydrogens is 356 g/mol. The van der Waals surface area contributed by atoms with E-state index in [9.17, 15) is 30.6 Å². The normalized spacial score (nSPS) is 43.3. The van der Waals surface area contributed by atoms with Crippen molar-refractivity contribution in [3.63, 3.8) is 0 Å². The molecule has 1 fully saturated rings. The molecule has 0 unspecified atom stereocenters. The van der Waals surface area contributed by atoms with Gasteiger partial charge < -0.3 is 40.1 Å². The van der Waals surface area contributed by atoms with Gasteiger partial charge in [0.15, 0.2) is 6.29 Å². The summed E-state index contributed by atoms with van der Waals surface area (Å²) in [7, 11) is 0. The zero-order valence-corrected chi connectivity index (χ0v) is 16.4. The summed E-state index contributed by atoms with van der Waals surface area (Å²) in [4.78, 5) is 0. The standard InChI is InChI=1S/C19H34O8/c1-10-7-12(21)8-18(3,4)19(10,25)6-5-11(2)26-17-16(24)15(23)14(22)13(9-20)27-17/h7,11-17,20-25H,5-6,8-9H2,1-4H3/t11-,12-,13-,14-,15+,16-,17+,19-/m1/s1. The smallest absolute Gasteiger partial charge is 0.186 e. The fourth-order valence-electron chi connectivity index (χ4n) is 4.14. The molecule has 0 amide bonds. The molecule has 0 aromatic rings. The van der Waals surface area contributed by atoms with Gasteiger partial charge in [0.2, 0.25) is 0 Å². The molecule has 8 atom stereocenters. The van der Waals surface area contributed by atoms with Crippen molar-refractivity contribution in [1.29, 1.82) is 0 Å². The number of ether oxygens (including phenoxy) is 2. The van der Waals surface area contributed by atoms with Crippen LogP contribution in [0.3, 0.4) is 0 Å². The number of rotatable bonds is 6. The summed E-state index contributed by atoms with van der Waals surface area (Å²) in [5.74, 6) is 0. The zero-order valence-electron chi connectivity index (χ0n) is 16.4. The molecule has 0 saturated carbocycles. The Kier molecular flexibility index (Phi) is 7.08. The molecule has 2 aliphatic rings. The summed E-state index contributed by atoms with van der Waals surface area (Å²) >= 11 is 0. The SMILES string of the molecule is CC1=C[C@@H](O)CC(C)(C)[C@@]1(O)CC[C@@H](C)O[C@H]1O[C@H](CO)[C@@H](O)[C@H](O)[C@H]1O. The first-order valence-corrected chi connectivity index (χ1v) is 9.48. The predicted molar refractivity (Wildman–Crippen MR) is 96.7 cm³/mol. The molecular formula is C19H34O8. The lowest BCUT2D eigenvalue weighted by atomic mass is 9.62. The Hall–Kier alpha value is -0.580. The Morgan fingerprint density at radius 2 is 1.81 bits per heavy atom. The third-order valence-corrected chi connectivity index (χ3v) is 6.06. The summed E-state index contributed by atoms with van der Waals surface area (Å²) in [6.45, 7) is 6.87. The van der Waals surface area contributed by atoms with Gasteiger partial charge in [-0.1, -0.05) is 19.9 Å². The van der Waals surface area contributed by atoms with Gasteiger partial charge in [0, 0.05) is 5.41 Å². The highest BCUT2D eigenvalue weighted by Crippen LogP contribution is 2.47. The Balaban J connectivity index is 1.99. The van der Waals surface area contributed by atoms with Crippen LogP contribution in [0.1, 0.15) is 47.0 Å². The molecule has 0 aromatic heterocycles. The van der Waals surface area contributed by atoms with Gasteiger partial charge >= 0.3 is 0 Å². The molecule has 6 N–H and O–H groups in total. The highest BCUT2D eigenvalue weighted by atomic mass is 16.7. The van der Waals surface area contributed by atoms with E-state index in [1.54, 1.807) is 19.9 Å². The van der Waals surface area contributed by atoms with Crippen LogP contribution in [-0.2, 0) is 9.47 Å². The third kappa shape index (κ3) is 4.54. The average Bonchev–Trinajstić information content (AvgIpc) is 2.58.